The van der Waals surface area contributed by atoms with Crippen LogP contribution in [0.3, 0.4) is 0 Å². The number of nitrogens with one attached hydrogen (secondary N) is 1. The van der Waals surface area contributed by atoms with Crippen molar-refractivity contribution in [2.45, 2.75) is 13.0 Å². The van der Waals surface area contributed by atoms with E-state index in [9.17, 15) is 22.4 Å². The summed E-state index contributed by atoms with van der Waals surface area (Å²) in [5, 5.41) is 2.71. The number of hydrogen-bond donors (Lipinski definition) is 1. The molecule has 0 bridgehead atoms. The highest BCUT2D eigenvalue weighted by molar-refractivity contribution is 5.91. The van der Waals surface area contributed by atoms with Crippen molar-refractivity contribution in [2.24, 2.45) is 0 Å². The Morgan fingerprint density at radius 2 is 2.00 bits per heavy atom. The molecule has 1 N–H and O–H groups in total. The lowest BCUT2D eigenvalue weighted by atomic mass is 10.2. The van der Waals surface area contributed by atoms with E-state index in [4.69, 9.17) is 4.74 Å². The lowest BCUT2D eigenvalue weighted by Crippen LogP contribution is -2.17. The van der Waals surface area contributed by atoms with Gasteiger partial charge >= 0.3 is 12.3 Å². The van der Waals surface area contributed by atoms with Crippen molar-refractivity contribution in [3.63, 3.8) is 0 Å². The summed E-state index contributed by atoms with van der Waals surface area (Å²) >= 11 is 0. The van der Waals surface area contributed by atoms with E-state index in [1.165, 1.54) is 12.3 Å². The van der Waals surface area contributed by atoms with Gasteiger partial charge in [0.25, 0.3) is 0 Å². The van der Waals surface area contributed by atoms with Gasteiger partial charge in [-0.05, 0) is 24.3 Å². The van der Waals surface area contributed by atoms with E-state index >= 15 is 0 Å². The van der Waals surface area contributed by atoms with Crippen LogP contribution in [0.1, 0.15) is 5.56 Å². The summed E-state index contributed by atoms with van der Waals surface area (Å²) in [6, 6.07) is 2.57. The number of carbonyl (C=O) groups is 1. The standard InChI is InChI=1S/C15H11F4NO3/c16-13-7-12(23-15(17,18)19)5-4-11(13)9-22-14(21)10-3-1-2-6-20-8-10/h1-8,20H,9H2. The molecule has 1 aliphatic rings. The van der Waals surface area contributed by atoms with Crippen molar-refractivity contribution in [3.8, 4) is 5.75 Å². The fraction of sp³-hybridized carbons (Fsp3) is 0.133. The Morgan fingerprint density at radius 3 is 2.70 bits per heavy atom. The molecule has 0 unspecified atom stereocenters. The first-order valence-electron chi connectivity index (χ1n) is 6.36. The number of esters is 1. The van der Waals surface area contributed by atoms with E-state index < -0.39 is 30.5 Å². The Bertz CT molecular complexity index is 678. The van der Waals surface area contributed by atoms with Crippen LogP contribution in [0.15, 0.2) is 54.4 Å². The number of benzene rings is 1. The Hall–Kier alpha value is -2.77. The predicted octanol–water partition coefficient (Wildman–Crippen LogP) is 3.32. The minimum atomic E-state index is -4.90. The van der Waals surface area contributed by atoms with Crippen molar-refractivity contribution in [3.05, 3.63) is 65.8 Å². The smallest absolute Gasteiger partial charge is 0.457 e. The lowest BCUT2D eigenvalue weighted by molar-refractivity contribution is -0.274. The number of ether oxygens (including phenoxy) is 2. The van der Waals surface area contributed by atoms with Gasteiger partial charge in [0.15, 0.2) is 0 Å². The Balaban J connectivity index is 1.98. The van der Waals surface area contributed by atoms with Crippen LogP contribution in [0.2, 0.25) is 0 Å². The zero-order valence-corrected chi connectivity index (χ0v) is 11.6. The number of alkyl halides is 3. The molecular formula is C15H11F4NO3. The van der Waals surface area contributed by atoms with Crippen LogP contribution < -0.4 is 10.1 Å². The summed E-state index contributed by atoms with van der Waals surface area (Å²) in [5.74, 6) is -2.35. The highest BCUT2D eigenvalue weighted by atomic mass is 19.4. The third-order valence-corrected chi connectivity index (χ3v) is 2.67. The number of hydrogen-bond acceptors (Lipinski definition) is 4. The van der Waals surface area contributed by atoms with Gasteiger partial charge in [-0.25, -0.2) is 9.18 Å². The summed E-state index contributed by atoms with van der Waals surface area (Å²) in [4.78, 5) is 11.8. The molecule has 23 heavy (non-hydrogen) atoms. The first kappa shape index (κ1) is 16.6. The fourth-order valence-corrected chi connectivity index (χ4v) is 1.65. The summed E-state index contributed by atoms with van der Waals surface area (Å²) in [6.07, 6.45) is 2.86. The minimum Gasteiger partial charge on any atom is -0.457 e. The van der Waals surface area contributed by atoms with E-state index in [1.807, 2.05) is 0 Å². The maximum atomic E-state index is 13.7. The largest absolute Gasteiger partial charge is 0.573 e. The van der Waals surface area contributed by atoms with Crippen molar-refractivity contribution in [2.75, 3.05) is 0 Å². The van der Waals surface area contributed by atoms with Gasteiger partial charge in [-0.1, -0.05) is 6.08 Å². The molecule has 0 saturated carbocycles. The molecule has 0 radical (unpaired) electrons. The number of allylic oxidation sites excluding steroid dienone is 2. The highest BCUT2D eigenvalue weighted by Crippen LogP contribution is 2.24. The third-order valence-electron chi connectivity index (χ3n) is 2.67. The van der Waals surface area contributed by atoms with Gasteiger partial charge in [0, 0.05) is 24.0 Å². The summed E-state index contributed by atoms with van der Waals surface area (Å²) in [6.45, 7) is -0.421. The SMILES string of the molecule is O=C(OCc1ccc(OC(F)(F)F)cc1F)C1=CNC=CC=C1. The van der Waals surface area contributed by atoms with Gasteiger partial charge in [-0.15, -0.1) is 13.2 Å². The van der Waals surface area contributed by atoms with Crippen LogP contribution in [0, 0.1) is 5.82 Å². The first-order chi connectivity index (χ1) is 10.8. The average molecular weight is 329 g/mol. The van der Waals surface area contributed by atoms with Crippen LogP contribution in [0.4, 0.5) is 17.6 Å². The van der Waals surface area contributed by atoms with E-state index in [1.54, 1.807) is 18.4 Å². The second-order valence-corrected chi connectivity index (χ2v) is 4.36. The van der Waals surface area contributed by atoms with Crippen LogP contribution in [0.25, 0.3) is 0 Å². The summed E-state index contributed by atoms with van der Waals surface area (Å²) < 4.78 is 58.3. The monoisotopic (exact) mass is 329 g/mol. The molecule has 0 aromatic heterocycles. The zero-order valence-electron chi connectivity index (χ0n) is 11.6. The van der Waals surface area contributed by atoms with Crippen molar-refractivity contribution < 1.29 is 31.8 Å². The van der Waals surface area contributed by atoms with Crippen molar-refractivity contribution in [1.82, 2.24) is 5.32 Å². The first-order valence-corrected chi connectivity index (χ1v) is 6.36. The van der Waals surface area contributed by atoms with E-state index in [2.05, 4.69) is 10.1 Å². The average Bonchev–Trinajstić information content (AvgIpc) is 2.73. The second-order valence-electron chi connectivity index (χ2n) is 4.36. The van der Waals surface area contributed by atoms with Crippen LogP contribution in [-0.2, 0) is 16.1 Å². The summed E-state index contributed by atoms with van der Waals surface area (Å²) in [7, 11) is 0. The molecule has 2 rings (SSSR count). The summed E-state index contributed by atoms with van der Waals surface area (Å²) in [5.41, 5.74) is 0.143. The molecule has 122 valence electrons. The molecule has 1 aromatic rings. The highest BCUT2D eigenvalue weighted by Gasteiger charge is 2.31. The third kappa shape index (κ3) is 5.17. The van der Waals surface area contributed by atoms with Crippen LogP contribution in [-0.4, -0.2) is 12.3 Å². The number of carbonyl (C=O) groups excluding carboxylic acids is 1. The number of rotatable bonds is 4. The minimum absolute atomic E-state index is 0.0721. The molecule has 1 aliphatic heterocycles. The van der Waals surface area contributed by atoms with Gasteiger partial charge in [0.2, 0.25) is 0 Å². The molecule has 0 fully saturated rings. The van der Waals surface area contributed by atoms with Gasteiger partial charge in [0.05, 0.1) is 5.57 Å². The normalized spacial score (nSPS) is 13.8. The molecule has 0 saturated heterocycles. The Labute approximate surface area is 128 Å². The second kappa shape index (κ2) is 6.99. The molecular weight excluding hydrogens is 318 g/mol. The molecule has 0 atom stereocenters. The van der Waals surface area contributed by atoms with E-state index in [0.717, 1.165) is 12.1 Å². The van der Waals surface area contributed by atoms with Crippen LogP contribution >= 0.6 is 0 Å². The van der Waals surface area contributed by atoms with Gasteiger partial charge < -0.3 is 14.8 Å². The lowest BCUT2D eigenvalue weighted by Gasteiger charge is -2.10. The molecule has 0 spiro atoms. The van der Waals surface area contributed by atoms with Gasteiger partial charge in [-0.3, -0.25) is 0 Å². The maximum absolute atomic E-state index is 13.7. The number of halogens is 4. The zero-order chi connectivity index (χ0) is 16.9. The van der Waals surface area contributed by atoms with Gasteiger partial charge in [-0.2, -0.15) is 0 Å². The molecule has 0 amide bonds. The van der Waals surface area contributed by atoms with E-state index in [0.29, 0.717) is 6.07 Å². The van der Waals surface area contributed by atoms with Crippen molar-refractivity contribution in [1.29, 1.82) is 0 Å². The van der Waals surface area contributed by atoms with Crippen molar-refractivity contribution >= 4 is 5.97 Å². The molecule has 8 heteroatoms. The van der Waals surface area contributed by atoms with Crippen LogP contribution in [0.5, 0.6) is 5.75 Å². The Kier molecular flexibility index (Phi) is 5.05. The van der Waals surface area contributed by atoms with E-state index in [-0.39, 0.29) is 11.1 Å². The molecule has 1 aromatic carbocycles. The maximum Gasteiger partial charge on any atom is 0.573 e. The molecule has 1 heterocycles. The quantitative estimate of drug-likeness (QED) is 0.680. The molecule has 4 nitrogen and oxygen atoms in total. The van der Waals surface area contributed by atoms with Gasteiger partial charge in [0.1, 0.15) is 18.2 Å². The Morgan fingerprint density at radius 1 is 1.22 bits per heavy atom. The predicted molar refractivity (Wildman–Crippen MR) is 72.4 cm³/mol. The topological polar surface area (TPSA) is 47.6 Å². The molecule has 0 aliphatic carbocycles. The fourth-order valence-electron chi connectivity index (χ4n) is 1.65.